The average Bonchev–Trinajstić information content (AvgIpc) is 2.40. The van der Waals surface area contributed by atoms with E-state index in [9.17, 15) is 0 Å². The van der Waals surface area contributed by atoms with Crippen molar-refractivity contribution in [2.24, 2.45) is 17.8 Å². The Labute approximate surface area is 120 Å². The third kappa shape index (κ3) is 4.19. The van der Waals surface area contributed by atoms with Gasteiger partial charge in [0.2, 0.25) is 0 Å². The van der Waals surface area contributed by atoms with Crippen LogP contribution in [0.5, 0.6) is 0 Å². The quantitative estimate of drug-likeness (QED) is 0.837. The molecule has 1 aliphatic carbocycles. The summed E-state index contributed by atoms with van der Waals surface area (Å²) in [5, 5.41) is 3.49. The first-order valence-corrected chi connectivity index (χ1v) is 8.54. The zero-order valence-corrected chi connectivity index (χ0v) is 13.5. The SMILES string of the molecule is CC1CCC(N(CC2CCNCC2)C(C)C)CC1C. The third-order valence-corrected chi connectivity index (χ3v) is 5.63. The largest absolute Gasteiger partial charge is 0.317 e. The van der Waals surface area contributed by atoms with Gasteiger partial charge in [0.15, 0.2) is 0 Å². The molecule has 2 aliphatic rings. The highest BCUT2D eigenvalue weighted by atomic mass is 15.2. The second kappa shape index (κ2) is 7.08. The summed E-state index contributed by atoms with van der Waals surface area (Å²) in [5.41, 5.74) is 0. The lowest BCUT2D eigenvalue weighted by Crippen LogP contribution is -2.47. The van der Waals surface area contributed by atoms with Crippen molar-refractivity contribution in [3.8, 4) is 0 Å². The molecule has 0 aromatic carbocycles. The maximum Gasteiger partial charge on any atom is 0.0101 e. The van der Waals surface area contributed by atoms with E-state index in [4.69, 9.17) is 0 Å². The van der Waals surface area contributed by atoms with E-state index in [1.165, 1.54) is 51.7 Å². The van der Waals surface area contributed by atoms with Crippen molar-refractivity contribution in [3.05, 3.63) is 0 Å². The number of hydrogen-bond acceptors (Lipinski definition) is 2. The molecular formula is C17H34N2. The van der Waals surface area contributed by atoms with E-state index < -0.39 is 0 Å². The van der Waals surface area contributed by atoms with Crippen LogP contribution in [-0.4, -0.2) is 36.6 Å². The van der Waals surface area contributed by atoms with Crippen LogP contribution in [0.1, 0.15) is 59.8 Å². The maximum atomic E-state index is 3.49. The Kier molecular flexibility index (Phi) is 5.70. The first-order chi connectivity index (χ1) is 9.08. The Morgan fingerprint density at radius 1 is 1.00 bits per heavy atom. The molecule has 3 atom stereocenters. The molecule has 0 aromatic rings. The molecule has 1 N–H and O–H groups in total. The van der Waals surface area contributed by atoms with Crippen LogP contribution in [0.3, 0.4) is 0 Å². The van der Waals surface area contributed by atoms with E-state index in [-0.39, 0.29) is 0 Å². The molecule has 2 rings (SSSR count). The summed E-state index contributed by atoms with van der Waals surface area (Å²) in [6.07, 6.45) is 7.03. The molecule has 1 heterocycles. The zero-order valence-electron chi connectivity index (χ0n) is 13.5. The minimum atomic E-state index is 0.709. The number of nitrogens with zero attached hydrogens (tertiary/aromatic N) is 1. The summed E-state index contributed by atoms with van der Waals surface area (Å²) in [5.74, 6) is 2.77. The normalized spacial score (nSPS) is 34.1. The van der Waals surface area contributed by atoms with Gasteiger partial charge < -0.3 is 5.32 Å². The molecule has 2 nitrogen and oxygen atoms in total. The molecule has 1 saturated carbocycles. The molecule has 1 saturated heterocycles. The molecule has 3 unspecified atom stereocenters. The minimum Gasteiger partial charge on any atom is -0.317 e. The number of nitrogens with one attached hydrogen (secondary N) is 1. The Morgan fingerprint density at radius 2 is 1.68 bits per heavy atom. The molecule has 0 spiro atoms. The molecular weight excluding hydrogens is 232 g/mol. The van der Waals surface area contributed by atoms with Crippen LogP contribution in [0.15, 0.2) is 0 Å². The minimum absolute atomic E-state index is 0.709. The van der Waals surface area contributed by atoms with Crippen molar-refractivity contribution in [3.63, 3.8) is 0 Å². The second-order valence-corrected chi connectivity index (χ2v) is 7.41. The predicted molar refractivity (Wildman–Crippen MR) is 83.4 cm³/mol. The van der Waals surface area contributed by atoms with Crippen LogP contribution in [0.4, 0.5) is 0 Å². The van der Waals surface area contributed by atoms with Gasteiger partial charge in [0, 0.05) is 18.6 Å². The monoisotopic (exact) mass is 266 g/mol. The Hall–Kier alpha value is -0.0800. The van der Waals surface area contributed by atoms with Gasteiger partial charge in [-0.2, -0.15) is 0 Å². The first-order valence-electron chi connectivity index (χ1n) is 8.54. The van der Waals surface area contributed by atoms with Crippen LogP contribution in [0.2, 0.25) is 0 Å². The van der Waals surface area contributed by atoms with Crippen molar-refractivity contribution >= 4 is 0 Å². The summed E-state index contributed by atoms with van der Waals surface area (Å²) in [6, 6.07) is 1.56. The van der Waals surface area contributed by atoms with Crippen LogP contribution < -0.4 is 5.32 Å². The highest BCUT2D eigenvalue weighted by Crippen LogP contribution is 2.33. The standard InChI is InChI=1S/C17H34N2/c1-13(2)19(12-16-7-9-18-10-8-16)17-6-5-14(3)15(4)11-17/h13-18H,5-12H2,1-4H3. The Morgan fingerprint density at radius 3 is 2.26 bits per heavy atom. The smallest absolute Gasteiger partial charge is 0.0101 e. The van der Waals surface area contributed by atoms with Gasteiger partial charge in [0.1, 0.15) is 0 Å². The van der Waals surface area contributed by atoms with E-state index in [1.807, 2.05) is 0 Å². The second-order valence-electron chi connectivity index (χ2n) is 7.41. The van der Waals surface area contributed by atoms with Gasteiger partial charge in [0.25, 0.3) is 0 Å². The summed E-state index contributed by atoms with van der Waals surface area (Å²) < 4.78 is 0. The van der Waals surface area contributed by atoms with E-state index in [0.29, 0.717) is 6.04 Å². The van der Waals surface area contributed by atoms with Crippen molar-refractivity contribution in [1.82, 2.24) is 10.2 Å². The van der Waals surface area contributed by atoms with E-state index >= 15 is 0 Å². The lowest BCUT2D eigenvalue weighted by atomic mass is 9.78. The zero-order chi connectivity index (χ0) is 13.8. The van der Waals surface area contributed by atoms with Gasteiger partial charge in [-0.3, -0.25) is 4.90 Å². The van der Waals surface area contributed by atoms with Crippen molar-refractivity contribution < 1.29 is 0 Å². The maximum absolute atomic E-state index is 3.49. The van der Waals surface area contributed by atoms with Crippen LogP contribution in [-0.2, 0) is 0 Å². The fourth-order valence-electron chi connectivity index (χ4n) is 3.96. The van der Waals surface area contributed by atoms with E-state index in [1.54, 1.807) is 0 Å². The molecule has 1 aliphatic heterocycles. The van der Waals surface area contributed by atoms with Crippen LogP contribution in [0.25, 0.3) is 0 Å². The van der Waals surface area contributed by atoms with E-state index in [2.05, 4.69) is 37.9 Å². The average molecular weight is 266 g/mol. The van der Waals surface area contributed by atoms with Crippen molar-refractivity contribution in [2.45, 2.75) is 71.9 Å². The van der Waals surface area contributed by atoms with Gasteiger partial charge in [-0.25, -0.2) is 0 Å². The Bertz CT molecular complexity index is 258. The fraction of sp³-hybridized carbons (Fsp3) is 1.00. The van der Waals surface area contributed by atoms with Crippen LogP contribution in [0, 0.1) is 17.8 Å². The van der Waals surface area contributed by atoms with Gasteiger partial charge in [-0.05, 0) is 76.8 Å². The molecule has 0 bridgehead atoms. The summed E-state index contributed by atoms with van der Waals surface area (Å²) >= 11 is 0. The molecule has 0 amide bonds. The summed E-state index contributed by atoms with van der Waals surface area (Å²) in [4.78, 5) is 2.83. The summed E-state index contributed by atoms with van der Waals surface area (Å²) in [6.45, 7) is 13.5. The number of hydrogen-bond donors (Lipinski definition) is 1. The molecule has 2 fully saturated rings. The predicted octanol–water partition coefficient (Wildman–Crippen LogP) is 3.52. The lowest BCUT2D eigenvalue weighted by Gasteiger charge is -2.43. The van der Waals surface area contributed by atoms with Gasteiger partial charge in [-0.1, -0.05) is 13.8 Å². The number of rotatable bonds is 4. The first kappa shape index (κ1) is 15.3. The molecule has 19 heavy (non-hydrogen) atoms. The highest BCUT2D eigenvalue weighted by molar-refractivity contribution is 4.85. The summed E-state index contributed by atoms with van der Waals surface area (Å²) in [7, 11) is 0. The van der Waals surface area contributed by atoms with Gasteiger partial charge in [-0.15, -0.1) is 0 Å². The molecule has 0 aromatic heterocycles. The van der Waals surface area contributed by atoms with Crippen LogP contribution >= 0.6 is 0 Å². The molecule has 112 valence electrons. The molecule has 0 radical (unpaired) electrons. The van der Waals surface area contributed by atoms with Crippen molar-refractivity contribution in [2.75, 3.05) is 19.6 Å². The topological polar surface area (TPSA) is 15.3 Å². The third-order valence-electron chi connectivity index (χ3n) is 5.63. The highest BCUT2D eigenvalue weighted by Gasteiger charge is 2.31. The molecule has 2 heteroatoms. The van der Waals surface area contributed by atoms with Gasteiger partial charge in [0.05, 0.1) is 0 Å². The lowest BCUT2D eigenvalue weighted by molar-refractivity contribution is 0.0632. The van der Waals surface area contributed by atoms with E-state index in [0.717, 1.165) is 23.8 Å². The van der Waals surface area contributed by atoms with Crippen molar-refractivity contribution in [1.29, 1.82) is 0 Å². The number of piperidine rings is 1. The van der Waals surface area contributed by atoms with Gasteiger partial charge >= 0.3 is 0 Å². The Balaban J connectivity index is 1.91. The fourth-order valence-corrected chi connectivity index (χ4v) is 3.96.